The first-order chi connectivity index (χ1) is 17.6. The Hall–Kier alpha value is -3.38. The highest BCUT2D eigenvalue weighted by Gasteiger charge is 2.29. The van der Waals surface area contributed by atoms with Crippen LogP contribution in [0.1, 0.15) is 63.1 Å². The lowest BCUT2D eigenvalue weighted by Gasteiger charge is -2.31. The Morgan fingerprint density at radius 3 is 2.54 bits per heavy atom. The number of nitrogens with zero attached hydrogens (tertiary/aromatic N) is 5. The summed E-state index contributed by atoms with van der Waals surface area (Å²) in [6.07, 6.45) is 12.4. The second kappa shape index (κ2) is 9.82. The van der Waals surface area contributed by atoms with Gasteiger partial charge in [-0.1, -0.05) is 19.0 Å². The van der Waals surface area contributed by atoms with Crippen LogP contribution in [0.4, 0.5) is 14.5 Å². The molecule has 5 rings (SSSR count). The van der Waals surface area contributed by atoms with Gasteiger partial charge in [-0.05, 0) is 37.8 Å². The summed E-state index contributed by atoms with van der Waals surface area (Å²) in [6, 6.07) is 1.53. The summed E-state index contributed by atoms with van der Waals surface area (Å²) in [7, 11) is -3.89. The number of rotatable bonds is 6. The van der Waals surface area contributed by atoms with Crippen LogP contribution in [0.15, 0.2) is 62.5 Å². The van der Waals surface area contributed by atoms with E-state index in [9.17, 15) is 17.2 Å². The fourth-order valence-electron chi connectivity index (χ4n) is 4.43. The number of hydroxylamine groups is 2. The summed E-state index contributed by atoms with van der Waals surface area (Å²) in [6.45, 7) is 4.07. The molecule has 3 aliphatic rings. The van der Waals surface area contributed by atoms with Crippen molar-refractivity contribution >= 4 is 21.9 Å². The van der Waals surface area contributed by atoms with Gasteiger partial charge >= 0.3 is 0 Å². The molecule has 0 spiro atoms. The second-order valence-corrected chi connectivity index (χ2v) is 11.6. The van der Waals surface area contributed by atoms with E-state index in [1.54, 1.807) is 29.7 Å². The van der Waals surface area contributed by atoms with Gasteiger partial charge in [0.25, 0.3) is 0 Å². The molecule has 0 N–H and O–H groups in total. The third-order valence-corrected chi connectivity index (χ3v) is 7.60. The summed E-state index contributed by atoms with van der Waals surface area (Å²) in [5.41, 5.74) is 1.11. The molecule has 1 aliphatic carbocycles. The van der Waals surface area contributed by atoms with Crippen LogP contribution in [0.25, 0.3) is 0 Å². The number of halogens is 2. The van der Waals surface area contributed by atoms with Gasteiger partial charge in [0.2, 0.25) is 5.89 Å². The van der Waals surface area contributed by atoms with E-state index in [1.165, 1.54) is 11.2 Å². The molecule has 2 aromatic rings. The van der Waals surface area contributed by atoms with Gasteiger partial charge in [0.15, 0.2) is 15.7 Å². The number of hydrogen-bond acceptors (Lipinski definition) is 9. The normalized spacial score (nSPS) is 21.8. The van der Waals surface area contributed by atoms with Crippen molar-refractivity contribution in [1.82, 2.24) is 15.2 Å². The van der Waals surface area contributed by atoms with Gasteiger partial charge in [-0.2, -0.15) is 4.98 Å². The maximum atomic E-state index is 14.6. The van der Waals surface area contributed by atoms with Crippen molar-refractivity contribution in [1.29, 1.82) is 0 Å². The lowest BCUT2D eigenvalue weighted by atomic mass is 9.87. The first-order valence-electron chi connectivity index (χ1n) is 12.0. The predicted molar refractivity (Wildman–Crippen MR) is 132 cm³/mol. The zero-order chi connectivity index (χ0) is 26.3. The molecule has 0 saturated heterocycles. The number of aliphatic imine (C=N–C) groups is 1. The van der Waals surface area contributed by atoms with Crippen LogP contribution in [0.3, 0.4) is 0 Å². The summed E-state index contributed by atoms with van der Waals surface area (Å²) < 4.78 is 57.7. The van der Waals surface area contributed by atoms with Crippen LogP contribution < -0.4 is 4.90 Å². The van der Waals surface area contributed by atoms with Gasteiger partial charge < -0.3 is 9.42 Å². The number of fused-ring (bicyclic) bond motifs is 1. The highest BCUT2D eigenvalue weighted by molar-refractivity contribution is 7.90. The quantitative estimate of drug-likeness (QED) is 0.517. The highest BCUT2D eigenvalue weighted by Crippen LogP contribution is 2.35. The molecule has 0 amide bonds. The Bertz CT molecular complexity index is 1420. The van der Waals surface area contributed by atoms with Crippen molar-refractivity contribution in [2.24, 2.45) is 4.99 Å². The zero-order valence-electron chi connectivity index (χ0n) is 20.6. The van der Waals surface area contributed by atoms with Crippen molar-refractivity contribution in [2.75, 3.05) is 11.2 Å². The largest absolute Gasteiger partial charge is 0.339 e. The molecule has 1 fully saturated rings. The molecule has 2 aliphatic heterocycles. The Labute approximate surface area is 213 Å². The van der Waals surface area contributed by atoms with E-state index >= 15 is 0 Å². The molecule has 3 heterocycles. The van der Waals surface area contributed by atoms with Gasteiger partial charge in [0, 0.05) is 42.1 Å². The molecular weight excluding hydrogens is 504 g/mol. The van der Waals surface area contributed by atoms with E-state index in [-0.39, 0.29) is 23.6 Å². The molecule has 9 nitrogen and oxygen atoms in total. The van der Waals surface area contributed by atoms with Crippen molar-refractivity contribution < 1.29 is 26.6 Å². The molecule has 1 aromatic heterocycles. The fourth-order valence-corrected chi connectivity index (χ4v) is 5.16. The highest BCUT2D eigenvalue weighted by atomic mass is 32.2. The van der Waals surface area contributed by atoms with Crippen molar-refractivity contribution in [3.63, 3.8) is 0 Å². The first-order valence-corrected chi connectivity index (χ1v) is 13.9. The molecule has 196 valence electrons. The molecular formula is C25H27F2N5O4S. The Kier molecular flexibility index (Phi) is 6.71. The molecule has 0 atom stereocenters. The van der Waals surface area contributed by atoms with Gasteiger partial charge in [-0.3, -0.25) is 4.84 Å². The van der Waals surface area contributed by atoms with Gasteiger partial charge in [-0.15, -0.1) is 0 Å². The number of sulfone groups is 1. The van der Waals surface area contributed by atoms with Crippen LogP contribution in [-0.2, 0) is 14.7 Å². The van der Waals surface area contributed by atoms with Crippen LogP contribution in [-0.4, -0.2) is 42.3 Å². The maximum absolute atomic E-state index is 14.6. The SMILES string of the molecule is CC(C)c1noc(C2CCC(ON3C=CC4=CN(c5cc(F)c(S(C)(=O)=O)cc5F)C=NC4=C3)CC2)n1. The smallest absolute Gasteiger partial charge is 0.229 e. The van der Waals surface area contributed by atoms with E-state index in [0.717, 1.165) is 43.8 Å². The Morgan fingerprint density at radius 2 is 1.86 bits per heavy atom. The first kappa shape index (κ1) is 25.3. The minimum Gasteiger partial charge on any atom is -0.339 e. The number of benzene rings is 1. The number of allylic oxidation sites excluding steroid dienone is 1. The van der Waals surface area contributed by atoms with E-state index < -0.39 is 26.4 Å². The van der Waals surface area contributed by atoms with Crippen molar-refractivity contribution in [3.8, 4) is 0 Å². The molecule has 0 radical (unpaired) electrons. The third-order valence-electron chi connectivity index (χ3n) is 6.49. The van der Waals surface area contributed by atoms with E-state index in [0.29, 0.717) is 23.2 Å². The van der Waals surface area contributed by atoms with Crippen LogP contribution in [0.2, 0.25) is 0 Å². The van der Waals surface area contributed by atoms with Gasteiger partial charge in [0.05, 0.1) is 30.0 Å². The van der Waals surface area contributed by atoms with E-state index in [2.05, 4.69) is 15.1 Å². The third kappa shape index (κ3) is 5.35. The minimum atomic E-state index is -3.89. The summed E-state index contributed by atoms with van der Waals surface area (Å²) in [4.78, 5) is 15.6. The minimum absolute atomic E-state index is 0.0188. The molecule has 1 saturated carbocycles. The number of hydrogen-bond donors (Lipinski definition) is 0. The summed E-state index contributed by atoms with van der Waals surface area (Å²) >= 11 is 0. The van der Waals surface area contributed by atoms with Crippen molar-refractivity contribution in [2.45, 2.75) is 62.4 Å². The lowest BCUT2D eigenvalue weighted by molar-refractivity contribution is -0.144. The zero-order valence-corrected chi connectivity index (χ0v) is 21.5. The number of anilines is 1. The Balaban J connectivity index is 1.21. The van der Waals surface area contributed by atoms with Gasteiger partial charge in [0.1, 0.15) is 16.5 Å². The predicted octanol–water partition coefficient (Wildman–Crippen LogP) is 4.94. The monoisotopic (exact) mass is 531 g/mol. The average molecular weight is 532 g/mol. The van der Waals surface area contributed by atoms with Gasteiger partial charge in [-0.25, -0.2) is 27.3 Å². The second-order valence-electron chi connectivity index (χ2n) is 9.66. The van der Waals surface area contributed by atoms with Crippen LogP contribution in [0, 0.1) is 11.6 Å². The maximum Gasteiger partial charge on any atom is 0.229 e. The summed E-state index contributed by atoms with van der Waals surface area (Å²) in [5, 5.41) is 5.67. The molecule has 0 bridgehead atoms. The molecule has 1 aromatic carbocycles. The van der Waals surface area contributed by atoms with Crippen LogP contribution >= 0.6 is 0 Å². The average Bonchev–Trinajstić information content (AvgIpc) is 3.35. The number of aromatic nitrogens is 2. The molecule has 0 unspecified atom stereocenters. The fraction of sp³-hybridized carbons (Fsp3) is 0.400. The van der Waals surface area contributed by atoms with E-state index in [4.69, 9.17) is 9.36 Å². The molecule has 12 heteroatoms. The molecule has 37 heavy (non-hydrogen) atoms. The van der Waals surface area contributed by atoms with Crippen molar-refractivity contribution in [3.05, 3.63) is 71.4 Å². The van der Waals surface area contributed by atoms with Crippen LogP contribution in [0.5, 0.6) is 0 Å². The topological polar surface area (TPSA) is 101 Å². The Morgan fingerprint density at radius 1 is 1.11 bits per heavy atom. The standard InChI is InChI=1S/C25H27F2N5O4S/c1-15(2)24-29-25(35-30-24)16-4-6-18(7-5-16)36-32-9-8-17-12-31(14-28-21(17)13-32)22-10-20(27)23(11-19(22)26)37(3,33)34/h8-16,18H,4-7H2,1-3H3. The summed E-state index contributed by atoms with van der Waals surface area (Å²) in [5.74, 6) is -0.0210. The van der Waals surface area contributed by atoms with E-state index in [1.807, 2.05) is 13.8 Å². The lowest BCUT2D eigenvalue weighted by Crippen LogP contribution is -2.28.